The first kappa shape index (κ1) is 40.1. The van der Waals surface area contributed by atoms with Gasteiger partial charge in [0.25, 0.3) is 11.8 Å². The lowest BCUT2D eigenvalue weighted by Crippen LogP contribution is -2.30. The Hall–Kier alpha value is -6.58. The third-order valence-electron chi connectivity index (χ3n) is 9.01. The standard InChI is InChI=1S/C48H49N3O6/c52-47(41-25-13-27-43(54-33-37-17-5-1-6-18-37)45(41)56-35-39-21-9-3-10-22-39)50-31-15-29-49-30-16-32-51-48(53)42-26-14-28-44(55-34-38-19-7-2-8-20-38)46(42)57-36-40-23-11-4-12-24-40/h1-14,17-28,49H,15-16,29-36H2,(H,50,52)(H,51,53). The lowest BCUT2D eigenvalue weighted by Gasteiger charge is -2.17. The quantitative estimate of drug-likeness (QED) is 0.0596. The van der Waals surface area contributed by atoms with Gasteiger partial charge < -0.3 is 34.9 Å². The number of benzene rings is 6. The van der Waals surface area contributed by atoms with Crippen LogP contribution in [0.5, 0.6) is 23.0 Å². The van der Waals surface area contributed by atoms with Crippen molar-refractivity contribution in [3.05, 3.63) is 191 Å². The second-order valence-electron chi connectivity index (χ2n) is 13.3. The normalized spacial score (nSPS) is 10.7. The molecule has 0 unspecified atom stereocenters. The molecule has 9 nitrogen and oxygen atoms in total. The number of ether oxygens (including phenoxy) is 4. The zero-order chi connectivity index (χ0) is 39.3. The largest absolute Gasteiger partial charge is 0.485 e. The molecule has 292 valence electrons. The van der Waals surface area contributed by atoms with Gasteiger partial charge in [-0.05, 0) is 72.5 Å². The van der Waals surface area contributed by atoms with Crippen LogP contribution in [0.2, 0.25) is 0 Å². The van der Waals surface area contributed by atoms with Crippen molar-refractivity contribution >= 4 is 11.8 Å². The van der Waals surface area contributed by atoms with Crippen LogP contribution in [0, 0.1) is 0 Å². The average Bonchev–Trinajstić information content (AvgIpc) is 3.27. The summed E-state index contributed by atoms with van der Waals surface area (Å²) in [7, 11) is 0. The maximum Gasteiger partial charge on any atom is 0.255 e. The third kappa shape index (κ3) is 12.7. The zero-order valence-corrected chi connectivity index (χ0v) is 32.0. The molecule has 0 fully saturated rings. The smallest absolute Gasteiger partial charge is 0.255 e. The van der Waals surface area contributed by atoms with Crippen molar-refractivity contribution in [1.29, 1.82) is 0 Å². The molecule has 9 heteroatoms. The van der Waals surface area contributed by atoms with E-state index in [9.17, 15) is 9.59 Å². The van der Waals surface area contributed by atoms with Crippen LogP contribution in [0.25, 0.3) is 0 Å². The Morgan fingerprint density at radius 1 is 0.368 bits per heavy atom. The molecule has 0 aromatic heterocycles. The minimum atomic E-state index is -0.229. The summed E-state index contributed by atoms with van der Waals surface area (Å²) in [6.45, 7) is 3.66. The van der Waals surface area contributed by atoms with Crippen LogP contribution in [-0.4, -0.2) is 38.0 Å². The Labute approximate surface area is 335 Å². The summed E-state index contributed by atoms with van der Waals surface area (Å²) < 4.78 is 24.7. The predicted molar refractivity (Wildman–Crippen MR) is 223 cm³/mol. The van der Waals surface area contributed by atoms with E-state index in [1.54, 1.807) is 24.3 Å². The number of nitrogens with one attached hydrogen (secondary N) is 3. The zero-order valence-electron chi connectivity index (χ0n) is 32.0. The molecule has 0 radical (unpaired) electrons. The van der Waals surface area contributed by atoms with Gasteiger partial charge in [0.1, 0.15) is 26.4 Å². The van der Waals surface area contributed by atoms with Gasteiger partial charge in [-0.2, -0.15) is 0 Å². The molecule has 0 atom stereocenters. The molecule has 0 aliphatic rings. The Morgan fingerprint density at radius 2 is 0.702 bits per heavy atom. The monoisotopic (exact) mass is 763 g/mol. The van der Waals surface area contributed by atoms with E-state index >= 15 is 0 Å². The highest BCUT2D eigenvalue weighted by Gasteiger charge is 2.19. The molecular formula is C48H49N3O6. The summed E-state index contributed by atoms with van der Waals surface area (Å²) in [6.07, 6.45) is 1.45. The molecule has 3 N–H and O–H groups in total. The van der Waals surface area contributed by atoms with Gasteiger partial charge in [-0.3, -0.25) is 9.59 Å². The molecule has 6 rings (SSSR count). The van der Waals surface area contributed by atoms with Gasteiger partial charge in [-0.1, -0.05) is 133 Å². The fourth-order valence-corrected chi connectivity index (χ4v) is 5.99. The van der Waals surface area contributed by atoms with Crippen LogP contribution < -0.4 is 34.9 Å². The van der Waals surface area contributed by atoms with Crippen LogP contribution in [0.4, 0.5) is 0 Å². The Bertz CT molecular complexity index is 1960. The van der Waals surface area contributed by atoms with Crippen LogP contribution in [0.15, 0.2) is 158 Å². The van der Waals surface area contributed by atoms with Crippen molar-refractivity contribution in [3.63, 3.8) is 0 Å². The van der Waals surface area contributed by atoms with E-state index in [2.05, 4.69) is 16.0 Å². The van der Waals surface area contributed by atoms with E-state index in [0.717, 1.165) is 35.1 Å². The van der Waals surface area contributed by atoms with Crippen LogP contribution in [0.3, 0.4) is 0 Å². The SMILES string of the molecule is O=C(NCCCNCCCNC(=O)c1cccc(OCc2ccccc2)c1OCc1ccccc1)c1cccc(OCc2ccccc2)c1OCc1ccccc1. The lowest BCUT2D eigenvalue weighted by atomic mass is 10.1. The van der Waals surface area contributed by atoms with Gasteiger partial charge in [0.15, 0.2) is 23.0 Å². The predicted octanol–water partition coefficient (Wildman–Crippen LogP) is 8.53. The van der Waals surface area contributed by atoms with Gasteiger partial charge >= 0.3 is 0 Å². The lowest BCUT2D eigenvalue weighted by molar-refractivity contribution is 0.0939. The number of hydrogen-bond donors (Lipinski definition) is 3. The number of carbonyl (C=O) groups is 2. The number of rotatable bonds is 22. The maximum atomic E-state index is 13.4. The summed E-state index contributed by atoms with van der Waals surface area (Å²) in [5, 5.41) is 9.46. The minimum Gasteiger partial charge on any atom is -0.485 e. The molecule has 0 spiro atoms. The van der Waals surface area contributed by atoms with E-state index in [4.69, 9.17) is 18.9 Å². The van der Waals surface area contributed by atoms with Crippen molar-refractivity contribution in [2.24, 2.45) is 0 Å². The maximum absolute atomic E-state index is 13.4. The molecule has 2 amide bonds. The highest BCUT2D eigenvalue weighted by molar-refractivity contribution is 5.98. The molecule has 0 saturated carbocycles. The number of carbonyl (C=O) groups excluding carboxylic acids is 2. The number of hydrogen-bond acceptors (Lipinski definition) is 7. The summed E-state index contributed by atoms with van der Waals surface area (Å²) in [4.78, 5) is 26.8. The average molecular weight is 764 g/mol. The minimum absolute atomic E-state index is 0.229. The van der Waals surface area contributed by atoms with Crippen molar-refractivity contribution in [2.45, 2.75) is 39.3 Å². The van der Waals surface area contributed by atoms with Crippen LogP contribution >= 0.6 is 0 Å². The first-order valence-corrected chi connectivity index (χ1v) is 19.3. The second-order valence-corrected chi connectivity index (χ2v) is 13.3. The van der Waals surface area contributed by atoms with E-state index in [1.165, 1.54) is 0 Å². The van der Waals surface area contributed by atoms with E-state index in [1.807, 2.05) is 133 Å². The van der Waals surface area contributed by atoms with Crippen LogP contribution in [0.1, 0.15) is 55.8 Å². The fourth-order valence-electron chi connectivity index (χ4n) is 5.99. The Balaban J connectivity index is 0.951. The molecule has 0 aliphatic carbocycles. The summed E-state index contributed by atoms with van der Waals surface area (Å²) in [6, 6.07) is 50.2. The highest BCUT2D eigenvalue weighted by atomic mass is 16.5. The van der Waals surface area contributed by atoms with E-state index in [0.29, 0.717) is 86.7 Å². The first-order valence-electron chi connectivity index (χ1n) is 19.3. The summed E-state index contributed by atoms with van der Waals surface area (Å²) in [5.74, 6) is 1.39. The molecule has 0 aliphatic heterocycles. The fraction of sp³-hybridized carbons (Fsp3) is 0.208. The van der Waals surface area contributed by atoms with Gasteiger partial charge in [0.05, 0.1) is 11.1 Å². The van der Waals surface area contributed by atoms with Gasteiger partial charge in [0, 0.05) is 13.1 Å². The van der Waals surface area contributed by atoms with Crippen molar-refractivity contribution in [3.8, 4) is 23.0 Å². The topological polar surface area (TPSA) is 107 Å². The Morgan fingerprint density at radius 3 is 1.05 bits per heavy atom. The van der Waals surface area contributed by atoms with Gasteiger partial charge in [-0.25, -0.2) is 0 Å². The number of para-hydroxylation sites is 2. The van der Waals surface area contributed by atoms with Crippen LogP contribution in [-0.2, 0) is 26.4 Å². The molecule has 57 heavy (non-hydrogen) atoms. The number of amides is 2. The van der Waals surface area contributed by atoms with Gasteiger partial charge in [-0.15, -0.1) is 0 Å². The molecule has 6 aromatic rings. The molecule has 6 aromatic carbocycles. The molecule has 0 saturated heterocycles. The summed E-state index contributed by atoms with van der Waals surface area (Å²) >= 11 is 0. The second kappa shape index (κ2) is 22.1. The highest BCUT2D eigenvalue weighted by Crippen LogP contribution is 2.34. The molecule has 0 heterocycles. The Kier molecular flexibility index (Phi) is 15.5. The van der Waals surface area contributed by atoms with E-state index < -0.39 is 0 Å². The van der Waals surface area contributed by atoms with Gasteiger partial charge in [0.2, 0.25) is 0 Å². The van der Waals surface area contributed by atoms with Crippen molar-refractivity contribution in [2.75, 3.05) is 26.2 Å². The van der Waals surface area contributed by atoms with Crippen molar-refractivity contribution in [1.82, 2.24) is 16.0 Å². The molecule has 0 bridgehead atoms. The third-order valence-corrected chi connectivity index (χ3v) is 9.01. The first-order chi connectivity index (χ1) is 28.1. The van der Waals surface area contributed by atoms with E-state index in [-0.39, 0.29) is 11.8 Å². The summed E-state index contributed by atoms with van der Waals surface area (Å²) in [5.41, 5.74) is 4.85. The van der Waals surface area contributed by atoms with Crippen molar-refractivity contribution < 1.29 is 28.5 Å². The molecular weight excluding hydrogens is 715 g/mol.